The highest BCUT2D eigenvalue weighted by atomic mass is 35.5. The van der Waals surface area contributed by atoms with Gasteiger partial charge in [0.1, 0.15) is 5.82 Å². The number of rotatable bonds is 5. The van der Waals surface area contributed by atoms with E-state index < -0.39 is 18.3 Å². The number of aromatic nitrogens is 2. The summed E-state index contributed by atoms with van der Waals surface area (Å²) in [6.45, 7) is 2.08. The molecule has 2 unspecified atom stereocenters. The Kier molecular flexibility index (Phi) is 7.91. The minimum Gasteiger partial charge on any atom is -0.363 e. The molecule has 6 rings (SSSR count). The third-order valence-electron chi connectivity index (χ3n) is 7.95. The van der Waals surface area contributed by atoms with Gasteiger partial charge < -0.3 is 10.2 Å². The van der Waals surface area contributed by atoms with Gasteiger partial charge in [-0.25, -0.2) is 4.68 Å². The summed E-state index contributed by atoms with van der Waals surface area (Å²) < 4.78 is 43.4. The highest BCUT2D eigenvalue weighted by molar-refractivity contribution is 6.42. The van der Waals surface area contributed by atoms with Crippen LogP contribution in [0, 0.1) is 0 Å². The number of alkyl halides is 3. The molecule has 2 aliphatic rings. The predicted molar refractivity (Wildman–Crippen MR) is 157 cm³/mol. The molecule has 2 atom stereocenters. The smallest absolute Gasteiger partial charge is 0.363 e. The van der Waals surface area contributed by atoms with Gasteiger partial charge in [0, 0.05) is 38.7 Å². The fraction of sp³-hybridized carbons (Fsp3) is 0.290. The zero-order chi connectivity index (χ0) is 29.4. The Morgan fingerprint density at radius 2 is 1.48 bits per heavy atom. The molecule has 0 saturated carbocycles. The lowest BCUT2D eigenvalue weighted by Gasteiger charge is -2.39. The van der Waals surface area contributed by atoms with Gasteiger partial charge in [-0.3, -0.25) is 9.69 Å². The quantitative estimate of drug-likeness (QED) is 0.255. The van der Waals surface area contributed by atoms with Crippen LogP contribution in [0.1, 0.15) is 51.7 Å². The lowest BCUT2D eigenvalue weighted by Crippen LogP contribution is -2.50. The van der Waals surface area contributed by atoms with Gasteiger partial charge in [0.2, 0.25) is 0 Å². The summed E-state index contributed by atoms with van der Waals surface area (Å²) in [7, 11) is 0. The summed E-state index contributed by atoms with van der Waals surface area (Å²) in [6, 6.07) is 24.0. The topological polar surface area (TPSA) is 53.4 Å². The number of amides is 1. The molecule has 0 bridgehead atoms. The highest BCUT2D eigenvalue weighted by Crippen LogP contribution is 2.44. The minimum absolute atomic E-state index is 0.0161. The number of benzene rings is 3. The molecule has 0 spiro atoms. The largest absolute Gasteiger partial charge is 0.410 e. The van der Waals surface area contributed by atoms with E-state index in [9.17, 15) is 18.0 Å². The van der Waals surface area contributed by atoms with E-state index in [-0.39, 0.29) is 34.9 Å². The number of piperazine rings is 1. The lowest BCUT2D eigenvalue weighted by molar-refractivity contribution is -0.173. The minimum atomic E-state index is -4.56. The fourth-order valence-electron chi connectivity index (χ4n) is 5.86. The van der Waals surface area contributed by atoms with Crippen molar-refractivity contribution in [2.75, 3.05) is 31.5 Å². The SMILES string of the molecule is O=C(c1cc2n(n1)C(C(F)(F)F)CC(c1ccc(Cl)c(Cl)c1)N2)N1CCN(C(c2ccccc2)c2ccccc2)CC1. The van der Waals surface area contributed by atoms with Crippen molar-refractivity contribution < 1.29 is 18.0 Å². The summed E-state index contributed by atoms with van der Waals surface area (Å²) >= 11 is 12.1. The van der Waals surface area contributed by atoms with Crippen LogP contribution in [0.3, 0.4) is 0 Å². The number of carbonyl (C=O) groups excluding carboxylic acids is 1. The van der Waals surface area contributed by atoms with E-state index in [0.717, 1.165) is 15.8 Å². The van der Waals surface area contributed by atoms with E-state index in [1.807, 2.05) is 36.4 Å². The molecule has 1 aromatic heterocycles. The molecule has 218 valence electrons. The van der Waals surface area contributed by atoms with Gasteiger partial charge in [0.05, 0.1) is 22.1 Å². The van der Waals surface area contributed by atoms with Crippen molar-refractivity contribution >= 4 is 34.9 Å². The van der Waals surface area contributed by atoms with E-state index >= 15 is 0 Å². The monoisotopic (exact) mass is 613 g/mol. The second-order valence-corrected chi connectivity index (χ2v) is 11.4. The number of hydrogen-bond donors (Lipinski definition) is 1. The Morgan fingerprint density at radius 1 is 0.857 bits per heavy atom. The molecule has 4 aromatic rings. The fourth-order valence-corrected chi connectivity index (χ4v) is 6.16. The van der Waals surface area contributed by atoms with Gasteiger partial charge in [0.15, 0.2) is 11.7 Å². The van der Waals surface area contributed by atoms with Crippen molar-refractivity contribution in [3.8, 4) is 0 Å². The number of nitrogens with one attached hydrogen (secondary N) is 1. The van der Waals surface area contributed by atoms with E-state index in [0.29, 0.717) is 36.8 Å². The van der Waals surface area contributed by atoms with Gasteiger partial charge in [-0.2, -0.15) is 18.3 Å². The summed E-state index contributed by atoms with van der Waals surface area (Å²) in [4.78, 5) is 17.5. The normalized spacial score (nSPS) is 19.4. The van der Waals surface area contributed by atoms with Gasteiger partial charge >= 0.3 is 6.18 Å². The first kappa shape index (κ1) is 28.6. The second-order valence-electron chi connectivity index (χ2n) is 10.6. The molecule has 1 amide bonds. The van der Waals surface area contributed by atoms with Crippen molar-refractivity contribution in [2.45, 2.75) is 30.7 Å². The third kappa shape index (κ3) is 5.73. The Hall–Kier alpha value is -3.53. The first-order valence-corrected chi connectivity index (χ1v) is 14.5. The Balaban J connectivity index is 1.21. The summed E-state index contributed by atoms with van der Waals surface area (Å²) in [6.07, 6.45) is -4.87. The molecule has 0 aliphatic carbocycles. The third-order valence-corrected chi connectivity index (χ3v) is 8.69. The summed E-state index contributed by atoms with van der Waals surface area (Å²) in [5, 5.41) is 7.86. The first-order chi connectivity index (χ1) is 20.2. The number of hydrogen-bond acceptors (Lipinski definition) is 4. The molecule has 1 fully saturated rings. The summed E-state index contributed by atoms with van der Waals surface area (Å²) in [5.41, 5.74) is 2.87. The van der Waals surface area contributed by atoms with Crippen molar-refractivity contribution in [1.82, 2.24) is 19.6 Å². The average molecular weight is 614 g/mol. The first-order valence-electron chi connectivity index (χ1n) is 13.7. The maximum atomic E-state index is 14.2. The predicted octanol–water partition coefficient (Wildman–Crippen LogP) is 7.40. The molecule has 2 aliphatic heterocycles. The van der Waals surface area contributed by atoms with Crippen molar-refractivity contribution in [3.63, 3.8) is 0 Å². The van der Waals surface area contributed by atoms with Crippen LogP contribution < -0.4 is 5.32 Å². The van der Waals surface area contributed by atoms with Crippen LogP contribution in [0.4, 0.5) is 19.0 Å². The molecule has 1 saturated heterocycles. The van der Waals surface area contributed by atoms with Gasteiger partial charge in [-0.1, -0.05) is 89.9 Å². The van der Waals surface area contributed by atoms with Crippen LogP contribution in [0.2, 0.25) is 10.0 Å². The lowest BCUT2D eigenvalue weighted by atomic mass is 9.96. The summed E-state index contributed by atoms with van der Waals surface area (Å²) in [5.74, 6) is -0.254. The number of fused-ring (bicyclic) bond motifs is 1. The number of halogens is 5. The zero-order valence-electron chi connectivity index (χ0n) is 22.4. The maximum absolute atomic E-state index is 14.2. The zero-order valence-corrected chi connectivity index (χ0v) is 23.9. The van der Waals surface area contributed by atoms with Crippen molar-refractivity contribution in [3.05, 3.63) is 117 Å². The number of nitrogens with zero attached hydrogens (tertiary/aromatic N) is 4. The highest BCUT2D eigenvalue weighted by Gasteiger charge is 2.47. The average Bonchev–Trinajstić information content (AvgIpc) is 3.43. The molecule has 0 radical (unpaired) electrons. The van der Waals surface area contributed by atoms with Crippen LogP contribution >= 0.6 is 23.2 Å². The molecule has 6 nitrogen and oxygen atoms in total. The molecule has 3 aromatic carbocycles. The van der Waals surface area contributed by atoms with Crippen LogP contribution in [0.25, 0.3) is 0 Å². The van der Waals surface area contributed by atoms with E-state index in [2.05, 4.69) is 39.6 Å². The van der Waals surface area contributed by atoms with Gasteiger partial charge in [-0.05, 0) is 28.8 Å². The Labute approximate surface area is 251 Å². The van der Waals surface area contributed by atoms with E-state index in [1.54, 1.807) is 23.1 Å². The Morgan fingerprint density at radius 3 is 2.05 bits per heavy atom. The number of anilines is 1. The maximum Gasteiger partial charge on any atom is 0.410 e. The van der Waals surface area contributed by atoms with E-state index in [1.165, 1.54) is 6.07 Å². The van der Waals surface area contributed by atoms with Crippen LogP contribution in [-0.2, 0) is 0 Å². The molecule has 11 heteroatoms. The van der Waals surface area contributed by atoms with Crippen molar-refractivity contribution in [2.24, 2.45) is 0 Å². The molecule has 3 heterocycles. The van der Waals surface area contributed by atoms with Crippen LogP contribution in [-0.4, -0.2) is 57.8 Å². The standard InChI is InChI=1S/C31H28Cl2F3N5O/c32-23-12-11-22(17-24(23)33)25-18-27(31(34,35)36)41-28(37-25)19-26(38-41)30(42)40-15-13-39(14-16-40)29(20-7-3-1-4-8-20)21-9-5-2-6-10-21/h1-12,17,19,25,27,29,37H,13-16,18H2. The Bertz CT molecular complexity index is 1520. The molecule has 42 heavy (non-hydrogen) atoms. The van der Waals surface area contributed by atoms with Crippen LogP contribution in [0.15, 0.2) is 84.9 Å². The second kappa shape index (κ2) is 11.6. The van der Waals surface area contributed by atoms with Gasteiger partial charge in [0.25, 0.3) is 5.91 Å². The van der Waals surface area contributed by atoms with Crippen molar-refractivity contribution in [1.29, 1.82) is 0 Å². The molecular weight excluding hydrogens is 586 g/mol. The number of carbonyl (C=O) groups is 1. The molecular formula is C31H28Cl2F3N5O. The van der Waals surface area contributed by atoms with Crippen LogP contribution in [0.5, 0.6) is 0 Å². The molecule has 1 N–H and O–H groups in total. The van der Waals surface area contributed by atoms with Gasteiger partial charge in [-0.15, -0.1) is 0 Å². The van der Waals surface area contributed by atoms with E-state index in [4.69, 9.17) is 23.2 Å².